The molecule has 0 saturated carbocycles. The van der Waals surface area contributed by atoms with Crippen LogP contribution in [0, 0.1) is 5.82 Å². The highest BCUT2D eigenvalue weighted by atomic mass is 19.1. The second kappa shape index (κ2) is 5.85. The predicted octanol–water partition coefficient (Wildman–Crippen LogP) is 1.76. The van der Waals surface area contributed by atoms with Crippen molar-refractivity contribution in [2.75, 3.05) is 11.9 Å². The molecule has 15 heavy (non-hydrogen) atoms. The highest BCUT2D eigenvalue weighted by molar-refractivity contribution is 5.79. The minimum atomic E-state index is -0.267. The lowest BCUT2D eigenvalue weighted by Crippen LogP contribution is -2.13. The summed E-state index contributed by atoms with van der Waals surface area (Å²) in [5, 5.41) is 14.2. The van der Waals surface area contributed by atoms with Crippen LogP contribution in [-0.4, -0.2) is 17.6 Å². The molecule has 5 heteroatoms. The molecule has 0 bridgehead atoms. The van der Waals surface area contributed by atoms with Crippen molar-refractivity contribution in [2.45, 2.75) is 12.8 Å². The van der Waals surface area contributed by atoms with E-state index in [4.69, 9.17) is 10.9 Å². The van der Waals surface area contributed by atoms with Gasteiger partial charge in [-0.2, -0.15) is 0 Å². The molecule has 0 aliphatic carbocycles. The number of nitrogens with one attached hydrogen (secondary N) is 1. The maximum absolute atomic E-state index is 12.7. The summed E-state index contributed by atoms with van der Waals surface area (Å²) in [6.07, 6.45) is 1.24. The Kier molecular flexibility index (Phi) is 4.40. The molecule has 0 fully saturated rings. The molecule has 0 aliphatic heterocycles. The smallest absolute Gasteiger partial charge is 0.139 e. The minimum absolute atomic E-state index is 0.205. The average Bonchev–Trinajstić information content (AvgIpc) is 2.24. The van der Waals surface area contributed by atoms with Gasteiger partial charge in [0, 0.05) is 18.7 Å². The Morgan fingerprint density at radius 2 is 2.33 bits per heavy atom. The Morgan fingerprint density at radius 1 is 1.53 bits per heavy atom. The van der Waals surface area contributed by atoms with Gasteiger partial charge in [0.25, 0.3) is 0 Å². The molecule has 1 aromatic carbocycles. The van der Waals surface area contributed by atoms with Gasteiger partial charge in [-0.1, -0.05) is 11.2 Å². The first kappa shape index (κ1) is 11.3. The average molecular weight is 211 g/mol. The number of amidine groups is 1. The highest BCUT2D eigenvalue weighted by Crippen LogP contribution is 2.08. The summed E-state index contributed by atoms with van der Waals surface area (Å²) in [5.74, 6) is -0.0625. The number of anilines is 1. The molecule has 4 nitrogen and oxygen atoms in total. The largest absolute Gasteiger partial charge is 0.409 e. The first-order valence-corrected chi connectivity index (χ1v) is 4.68. The molecule has 0 atom stereocenters. The molecule has 0 aromatic heterocycles. The third-order valence-electron chi connectivity index (χ3n) is 1.89. The van der Waals surface area contributed by atoms with Crippen LogP contribution >= 0.6 is 0 Å². The van der Waals surface area contributed by atoms with Gasteiger partial charge in [0.2, 0.25) is 0 Å². The van der Waals surface area contributed by atoms with Crippen molar-refractivity contribution in [3.63, 3.8) is 0 Å². The normalized spacial score (nSPS) is 11.4. The molecule has 0 heterocycles. The van der Waals surface area contributed by atoms with Crippen LogP contribution in [0.3, 0.4) is 0 Å². The fraction of sp³-hybridized carbons (Fsp3) is 0.300. The molecule has 0 spiro atoms. The van der Waals surface area contributed by atoms with E-state index in [0.717, 1.165) is 12.1 Å². The van der Waals surface area contributed by atoms with E-state index in [2.05, 4.69) is 10.5 Å². The molecular formula is C10H14FN3O. The van der Waals surface area contributed by atoms with Crippen LogP contribution in [0.25, 0.3) is 0 Å². The number of nitrogens with two attached hydrogens (primary N) is 1. The Balaban J connectivity index is 2.26. The third kappa shape index (κ3) is 4.30. The van der Waals surface area contributed by atoms with Crippen molar-refractivity contribution in [1.82, 2.24) is 0 Å². The summed E-state index contributed by atoms with van der Waals surface area (Å²) >= 11 is 0. The summed E-state index contributed by atoms with van der Waals surface area (Å²) in [6.45, 7) is 0.652. The van der Waals surface area contributed by atoms with Crippen LogP contribution < -0.4 is 11.1 Å². The van der Waals surface area contributed by atoms with E-state index in [1.807, 2.05) is 0 Å². The second-order valence-corrected chi connectivity index (χ2v) is 3.13. The molecular weight excluding hydrogens is 197 g/mol. The van der Waals surface area contributed by atoms with Crippen molar-refractivity contribution in [3.05, 3.63) is 30.1 Å². The van der Waals surface area contributed by atoms with E-state index in [9.17, 15) is 4.39 Å². The minimum Gasteiger partial charge on any atom is -0.409 e. The number of rotatable bonds is 5. The predicted molar refractivity (Wildman–Crippen MR) is 57.5 cm³/mol. The molecule has 0 unspecified atom stereocenters. The Hall–Kier alpha value is -1.78. The van der Waals surface area contributed by atoms with Crippen LogP contribution in [-0.2, 0) is 0 Å². The monoisotopic (exact) mass is 211 g/mol. The number of oxime groups is 1. The Labute approximate surface area is 87.6 Å². The van der Waals surface area contributed by atoms with Gasteiger partial charge < -0.3 is 16.3 Å². The van der Waals surface area contributed by atoms with E-state index >= 15 is 0 Å². The van der Waals surface area contributed by atoms with Gasteiger partial charge in [-0.05, 0) is 24.6 Å². The molecule has 0 amide bonds. The number of nitrogens with zero attached hydrogens (tertiary/aromatic N) is 1. The number of hydrogen-bond donors (Lipinski definition) is 3. The molecule has 82 valence electrons. The first-order chi connectivity index (χ1) is 7.22. The Morgan fingerprint density at radius 3 is 3.00 bits per heavy atom. The van der Waals surface area contributed by atoms with Gasteiger partial charge in [0.05, 0.1) is 0 Å². The van der Waals surface area contributed by atoms with E-state index < -0.39 is 0 Å². The van der Waals surface area contributed by atoms with Crippen molar-refractivity contribution < 1.29 is 9.60 Å². The third-order valence-corrected chi connectivity index (χ3v) is 1.89. The van der Waals surface area contributed by atoms with Crippen LogP contribution in [0.1, 0.15) is 12.8 Å². The molecule has 0 radical (unpaired) electrons. The van der Waals surface area contributed by atoms with Gasteiger partial charge in [0.1, 0.15) is 11.7 Å². The zero-order chi connectivity index (χ0) is 11.1. The lowest BCUT2D eigenvalue weighted by Gasteiger charge is -2.05. The summed E-state index contributed by atoms with van der Waals surface area (Å²) in [4.78, 5) is 0. The van der Waals surface area contributed by atoms with Crippen LogP contribution in [0.15, 0.2) is 29.4 Å². The summed E-state index contributed by atoms with van der Waals surface area (Å²) in [7, 11) is 0. The molecule has 1 aromatic rings. The van der Waals surface area contributed by atoms with Gasteiger partial charge in [0.15, 0.2) is 0 Å². The maximum atomic E-state index is 12.7. The quantitative estimate of drug-likeness (QED) is 0.228. The highest BCUT2D eigenvalue weighted by Gasteiger charge is 1.95. The number of halogens is 1. The lowest BCUT2D eigenvalue weighted by atomic mass is 10.2. The zero-order valence-electron chi connectivity index (χ0n) is 8.28. The Bertz CT molecular complexity index is 341. The van der Waals surface area contributed by atoms with Crippen LogP contribution in [0.4, 0.5) is 10.1 Å². The van der Waals surface area contributed by atoms with Crippen molar-refractivity contribution in [1.29, 1.82) is 0 Å². The summed E-state index contributed by atoms with van der Waals surface area (Å²) < 4.78 is 12.7. The summed E-state index contributed by atoms with van der Waals surface area (Å²) in [6, 6.07) is 6.23. The SMILES string of the molecule is NC(CCCNc1cccc(F)c1)=NO. The van der Waals surface area contributed by atoms with E-state index in [1.165, 1.54) is 12.1 Å². The van der Waals surface area contributed by atoms with Gasteiger partial charge in [-0.15, -0.1) is 0 Å². The van der Waals surface area contributed by atoms with Gasteiger partial charge in [-0.3, -0.25) is 0 Å². The van der Waals surface area contributed by atoms with E-state index in [0.29, 0.717) is 13.0 Å². The second-order valence-electron chi connectivity index (χ2n) is 3.13. The molecule has 0 saturated heterocycles. The summed E-state index contributed by atoms with van der Waals surface area (Å²) in [5.41, 5.74) is 6.02. The molecule has 4 N–H and O–H groups in total. The van der Waals surface area contributed by atoms with E-state index in [1.54, 1.807) is 12.1 Å². The van der Waals surface area contributed by atoms with Crippen LogP contribution in [0.2, 0.25) is 0 Å². The topological polar surface area (TPSA) is 70.6 Å². The molecule has 1 rings (SSSR count). The first-order valence-electron chi connectivity index (χ1n) is 4.68. The number of benzene rings is 1. The molecule has 0 aliphatic rings. The fourth-order valence-electron chi connectivity index (χ4n) is 1.15. The van der Waals surface area contributed by atoms with E-state index in [-0.39, 0.29) is 11.7 Å². The van der Waals surface area contributed by atoms with Crippen molar-refractivity contribution in [3.8, 4) is 0 Å². The van der Waals surface area contributed by atoms with Gasteiger partial charge in [-0.25, -0.2) is 4.39 Å². The van der Waals surface area contributed by atoms with Crippen LogP contribution in [0.5, 0.6) is 0 Å². The van der Waals surface area contributed by atoms with Crippen molar-refractivity contribution in [2.24, 2.45) is 10.9 Å². The lowest BCUT2D eigenvalue weighted by molar-refractivity contribution is 0.316. The fourth-order valence-corrected chi connectivity index (χ4v) is 1.15. The van der Waals surface area contributed by atoms with Gasteiger partial charge >= 0.3 is 0 Å². The number of hydrogen-bond acceptors (Lipinski definition) is 3. The zero-order valence-corrected chi connectivity index (χ0v) is 8.28. The maximum Gasteiger partial charge on any atom is 0.139 e. The standard InChI is InChI=1S/C10H14FN3O/c11-8-3-1-4-9(7-8)13-6-2-5-10(12)14-15/h1,3-4,7,13,15H,2,5-6H2,(H2,12,14). The van der Waals surface area contributed by atoms with Crippen molar-refractivity contribution >= 4 is 11.5 Å².